The molecule has 92 valence electrons. The van der Waals surface area contributed by atoms with Gasteiger partial charge in [-0.05, 0) is 44.6 Å². The first-order valence-corrected chi connectivity index (χ1v) is 6.90. The number of rotatable bonds is 5. The fraction of sp³-hybridized carbons (Fsp3) is 0.867. The Balaban J connectivity index is 2.47. The third-order valence-electron chi connectivity index (χ3n) is 3.70. The van der Waals surface area contributed by atoms with E-state index in [-0.39, 0.29) is 0 Å². The second-order valence-corrected chi connectivity index (χ2v) is 5.22. The van der Waals surface area contributed by atoms with Crippen LogP contribution in [0, 0.1) is 23.7 Å². The molecule has 1 heteroatoms. The highest BCUT2D eigenvalue weighted by atomic mass is 14.9. The number of nitrogens with one attached hydrogen (secondary N) is 1. The van der Waals surface area contributed by atoms with E-state index in [1.54, 1.807) is 0 Å². The smallest absolute Gasteiger partial charge is 0.0245 e. The summed E-state index contributed by atoms with van der Waals surface area (Å²) in [4.78, 5) is 0. The monoisotopic (exact) mass is 221 g/mol. The Bertz CT molecular complexity index is 236. The minimum absolute atomic E-state index is 0.634. The molecule has 0 amide bonds. The predicted octanol–water partition coefficient (Wildman–Crippen LogP) is 3.59. The van der Waals surface area contributed by atoms with Gasteiger partial charge < -0.3 is 5.32 Å². The van der Waals surface area contributed by atoms with Crippen molar-refractivity contribution in [2.75, 3.05) is 6.54 Å². The number of hydrogen-bond acceptors (Lipinski definition) is 1. The van der Waals surface area contributed by atoms with Crippen LogP contribution in [0.25, 0.3) is 0 Å². The summed E-state index contributed by atoms with van der Waals surface area (Å²) < 4.78 is 0. The second kappa shape index (κ2) is 7.74. The molecule has 1 saturated carbocycles. The first-order valence-electron chi connectivity index (χ1n) is 6.90. The van der Waals surface area contributed by atoms with Gasteiger partial charge in [0.15, 0.2) is 0 Å². The van der Waals surface area contributed by atoms with Gasteiger partial charge >= 0.3 is 0 Å². The third-order valence-corrected chi connectivity index (χ3v) is 3.70. The fourth-order valence-corrected chi connectivity index (χ4v) is 2.79. The van der Waals surface area contributed by atoms with E-state index in [0.717, 1.165) is 24.8 Å². The zero-order chi connectivity index (χ0) is 11.8. The summed E-state index contributed by atoms with van der Waals surface area (Å²) in [6.07, 6.45) is 7.89. The summed E-state index contributed by atoms with van der Waals surface area (Å²) in [6, 6.07) is 0.634. The Kier molecular flexibility index (Phi) is 6.57. The largest absolute Gasteiger partial charge is 0.313 e. The van der Waals surface area contributed by atoms with Crippen LogP contribution in [0.15, 0.2) is 0 Å². The number of hydrogen-bond donors (Lipinski definition) is 1. The average molecular weight is 221 g/mol. The molecule has 1 aliphatic rings. The Labute approximate surface area is 101 Å². The molecule has 1 fully saturated rings. The lowest BCUT2D eigenvalue weighted by atomic mass is 9.78. The van der Waals surface area contributed by atoms with Crippen LogP contribution < -0.4 is 5.32 Å². The first kappa shape index (κ1) is 13.6. The molecule has 1 rings (SSSR count). The Morgan fingerprint density at radius 1 is 1.38 bits per heavy atom. The van der Waals surface area contributed by atoms with E-state index in [4.69, 9.17) is 0 Å². The van der Waals surface area contributed by atoms with Crippen molar-refractivity contribution in [3.63, 3.8) is 0 Å². The summed E-state index contributed by atoms with van der Waals surface area (Å²) >= 11 is 0. The Hall–Kier alpha value is -0.480. The highest BCUT2D eigenvalue weighted by molar-refractivity contribution is 5.00. The summed E-state index contributed by atoms with van der Waals surface area (Å²) in [7, 11) is 0. The lowest BCUT2D eigenvalue weighted by molar-refractivity contribution is 0.224. The van der Waals surface area contributed by atoms with Crippen LogP contribution in [0.5, 0.6) is 0 Å². The summed E-state index contributed by atoms with van der Waals surface area (Å²) in [6.45, 7) is 7.72. The molecule has 0 aromatic heterocycles. The predicted molar refractivity (Wildman–Crippen MR) is 71.3 cm³/mol. The van der Waals surface area contributed by atoms with Crippen molar-refractivity contribution in [2.45, 2.75) is 65.3 Å². The molecule has 1 aliphatic carbocycles. The molecule has 0 saturated heterocycles. The third kappa shape index (κ3) is 4.58. The van der Waals surface area contributed by atoms with Gasteiger partial charge in [-0.25, -0.2) is 0 Å². The quantitative estimate of drug-likeness (QED) is 0.700. The van der Waals surface area contributed by atoms with Crippen molar-refractivity contribution >= 4 is 0 Å². The standard InChI is InChI=1S/C15H27N/c1-4-6-10-15(16-11-5-2)14-9-7-8-13(3)12-14/h13-16H,5,7-12H2,1-3H3. The molecule has 3 atom stereocenters. The molecule has 0 aromatic rings. The summed E-state index contributed by atoms with van der Waals surface area (Å²) in [5.74, 6) is 8.07. The van der Waals surface area contributed by atoms with Crippen LogP contribution in [0.2, 0.25) is 0 Å². The van der Waals surface area contributed by atoms with Crippen molar-refractivity contribution in [1.82, 2.24) is 5.32 Å². The second-order valence-electron chi connectivity index (χ2n) is 5.22. The lowest BCUT2D eigenvalue weighted by Gasteiger charge is -2.33. The molecule has 3 unspecified atom stereocenters. The van der Waals surface area contributed by atoms with Gasteiger partial charge in [0.2, 0.25) is 0 Å². The van der Waals surface area contributed by atoms with Gasteiger partial charge in [0.05, 0.1) is 0 Å². The molecule has 1 N–H and O–H groups in total. The van der Waals surface area contributed by atoms with Crippen LogP contribution in [0.1, 0.15) is 59.3 Å². The Morgan fingerprint density at radius 2 is 2.19 bits per heavy atom. The van der Waals surface area contributed by atoms with Crippen molar-refractivity contribution in [3.8, 4) is 11.8 Å². The van der Waals surface area contributed by atoms with E-state index < -0.39 is 0 Å². The van der Waals surface area contributed by atoms with Crippen LogP contribution in [-0.2, 0) is 0 Å². The first-order chi connectivity index (χ1) is 7.77. The highest BCUT2D eigenvalue weighted by Crippen LogP contribution is 2.31. The molecule has 0 radical (unpaired) electrons. The maximum absolute atomic E-state index is 3.69. The SMILES string of the molecule is CC#CCC(NCCC)C1CCCC(C)C1. The summed E-state index contributed by atoms with van der Waals surface area (Å²) in [5.41, 5.74) is 0. The van der Waals surface area contributed by atoms with Crippen LogP contribution in [0.3, 0.4) is 0 Å². The van der Waals surface area contributed by atoms with Gasteiger partial charge in [-0.15, -0.1) is 11.8 Å². The van der Waals surface area contributed by atoms with Crippen LogP contribution in [0.4, 0.5) is 0 Å². The average Bonchev–Trinajstić information content (AvgIpc) is 2.29. The molecular weight excluding hydrogens is 194 g/mol. The molecule has 1 nitrogen and oxygen atoms in total. The van der Waals surface area contributed by atoms with E-state index in [0.29, 0.717) is 6.04 Å². The molecule has 0 bridgehead atoms. The maximum Gasteiger partial charge on any atom is 0.0245 e. The van der Waals surface area contributed by atoms with Crippen molar-refractivity contribution < 1.29 is 0 Å². The van der Waals surface area contributed by atoms with Gasteiger partial charge in [-0.3, -0.25) is 0 Å². The molecular formula is C15H27N. The van der Waals surface area contributed by atoms with E-state index in [1.807, 2.05) is 6.92 Å². The van der Waals surface area contributed by atoms with Crippen LogP contribution >= 0.6 is 0 Å². The van der Waals surface area contributed by atoms with Crippen molar-refractivity contribution in [3.05, 3.63) is 0 Å². The molecule has 0 aromatic carbocycles. The fourth-order valence-electron chi connectivity index (χ4n) is 2.79. The van der Waals surface area contributed by atoms with Gasteiger partial charge in [0, 0.05) is 12.5 Å². The van der Waals surface area contributed by atoms with Gasteiger partial charge in [-0.2, -0.15) is 0 Å². The van der Waals surface area contributed by atoms with Crippen molar-refractivity contribution in [2.24, 2.45) is 11.8 Å². The topological polar surface area (TPSA) is 12.0 Å². The summed E-state index contributed by atoms with van der Waals surface area (Å²) in [5, 5.41) is 3.69. The molecule has 0 heterocycles. The normalized spacial score (nSPS) is 26.9. The van der Waals surface area contributed by atoms with E-state index in [2.05, 4.69) is 31.0 Å². The van der Waals surface area contributed by atoms with Crippen LogP contribution in [-0.4, -0.2) is 12.6 Å². The molecule has 16 heavy (non-hydrogen) atoms. The minimum Gasteiger partial charge on any atom is -0.313 e. The van der Waals surface area contributed by atoms with E-state index >= 15 is 0 Å². The van der Waals surface area contributed by atoms with Gasteiger partial charge in [-0.1, -0.05) is 26.7 Å². The maximum atomic E-state index is 3.69. The minimum atomic E-state index is 0.634. The van der Waals surface area contributed by atoms with E-state index in [1.165, 1.54) is 32.1 Å². The van der Waals surface area contributed by atoms with Crippen molar-refractivity contribution in [1.29, 1.82) is 0 Å². The van der Waals surface area contributed by atoms with Gasteiger partial charge in [0.25, 0.3) is 0 Å². The Morgan fingerprint density at radius 3 is 2.81 bits per heavy atom. The van der Waals surface area contributed by atoms with E-state index in [9.17, 15) is 0 Å². The zero-order valence-corrected chi connectivity index (χ0v) is 11.2. The lowest BCUT2D eigenvalue weighted by Crippen LogP contribution is -2.38. The highest BCUT2D eigenvalue weighted by Gasteiger charge is 2.25. The zero-order valence-electron chi connectivity index (χ0n) is 11.2. The molecule has 0 aliphatic heterocycles. The molecule has 0 spiro atoms. The van der Waals surface area contributed by atoms with Gasteiger partial charge in [0.1, 0.15) is 0 Å².